The molecule has 2 aliphatic rings. The van der Waals surface area contributed by atoms with E-state index in [2.05, 4.69) is 236 Å². The van der Waals surface area contributed by atoms with Crippen molar-refractivity contribution < 1.29 is 9.21 Å². The van der Waals surface area contributed by atoms with Crippen molar-refractivity contribution in [3.8, 4) is 11.1 Å². The molecule has 328 valence electrons. The highest BCUT2D eigenvalue weighted by molar-refractivity contribution is 6.13. The Labute approximate surface area is 402 Å². The Morgan fingerprint density at radius 1 is 0.406 bits per heavy atom. The van der Waals surface area contributed by atoms with Crippen LogP contribution in [0.15, 0.2) is 247 Å². The molecule has 0 saturated carbocycles. The first-order valence-electron chi connectivity index (χ1n) is 23.7. The molecule has 0 N–H and O–H groups in total. The minimum absolute atomic E-state index is 0.0800. The summed E-state index contributed by atoms with van der Waals surface area (Å²) in [5, 5.41) is 2.14. The van der Waals surface area contributed by atoms with Crippen molar-refractivity contribution in [1.29, 1.82) is 0 Å². The molecule has 0 atom stereocenters. The first kappa shape index (κ1) is 40.5. The molecule has 11 aromatic rings. The lowest BCUT2D eigenvalue weighted by molar-refractivity contribution is 0.103. The van der Waals surface area contributed by atoms with Crippen LogP contribution in [0.3, 0.4) is 0 Å². The van der Waals surface area contributed by atoms with Crippen LogP contribution >= 0.6 is 0 Å². The molecule has 0 radical (unpaired) electrons. The summed E-state index contributed by atoms with van der Waals surface area (Å²) in [5.74, 6) is 0.0800. The molecule has 0 fully saturated rings. The molecular formula is C65H46N2O2. The average Bonchev–Trinajstić information content (AvgIpc) is 3.78. The zero-order chi connectivity index (χ0) is 46.3. The van der Waals surface area contributed by atoms with E-state index in [-0.39, 0.29) is 11.2 Å². The molecule has 0 unspecified atom stereocenters. The molecule has 4 heteroatoms. The SMILES string of the molecule is CC1(C)c2ccccc2C(=O)c2ccc(-c3cccc(N4c5ccc(N(c6ccccc6)c6ccccc6)cc5C(c5ccccc5)(c5ccccc5)c5cc6c(cc54)oc4ccccc46)c3)cc21. The highest BCUT2D eigenvalue weighted by atomic mass is 16.3. The number of fused-ring (bicyclic) bond motifs is 7. The van der Waals surface area contributed by atoms with Crippen LogP contribution in [0.1, 0.15) is 63.1 Å². The molecular weight excluding hydrogens is 841 g/mol. The molecule has 0 saturated heterocycles. The van der Waals surface area contributed by atoms with Gasteiger partial charge < -0.3 is 14.2 Å². The molecule has 1 aliphatic carbocycles. The van der Waals surface area contributed by atoms with Crippen molar-refractivity contribution in [2.24, 2.45) is 0 Å². The Morgan fingerprint density at radius 2 is 1.00 bits per heavy atom. The third kappa shape index (κ3) is 6.19. The van der Waals surface area contributed by atoms with Gasteiger partial charge in [-0.25, -0.2) is 0 Å². The Balaban J connectivity index is 1.10. The topological polar surface area (TPSA) is 36.7 Å². The molecule has 2 heterocycles. The van der Waals surface area contributed by atoms with E-state index in [1.807, 2.05) is 30.3 Å². The normalized spacial score (nSPS) is 14.2. The fourth-order valence-corrected chi connectivity index (χ4v) is 11.5. The molecule has 4 nitrogen and oxygen atoms in total. The fraction of sp³-hybridized carbons (Fsp3) is 0.0615. The maximum Gasteiger partial charge on any atom is 0.193 e. The summed E-state index contributed by atoms with van der Waals surface area (Å²) in [6.45, 7) is 4.46. The lowest BCUT2D eigenvalue weighted by atomic mass is 9.62. The summed E-state index contributed by atoms with van der Waals surface area (Å²) in [6, 6.07) is 86.6. The van der Waals surface area contributed by atoms with Gasteiger partial charge in [-0.05, 0) is 117 Å². The molecule has 1 aliphatic heterocycles. The number of anilines is 6. The second-order valence-corrected chi connectivity index (χ2v) is 18.8. The summed E-state index contributed by atoms with van der Waals surface area (Å²) in [5.41, 5.74) is 17.2. The number of benzene rings is 10. The van der Waals surface area contributed by atoms with Gasteiger partial charge in [0.15, 0.2) is 5.78 Å². The molecule has 13 rings (SSSR count). The largest absolute Gasteiger partial charge is 0.456 e. The van der Waals surface area contributed by atoms with E-state index in [1.54, 1.807) is 0 Å². The third-order valence-electron chi connectivity index (χ3n) is 14.7. The molecule has 0 bridgehead atoms. The number of rotatable bonds is 7. The summed E-state index contributed by atoms with van der Waals surface area (Å²) >= 11 is 0. The zero-order valence-electron chi connectivity index (χ0n) is 38.3. The Morgan fingerprint density at radius 3 is 1.71 bits per heavy atom. The van der Waals surface area contributed by atoms with Crippen LogP contribution in [-0.2, 0) is 10.8 Å². The average molecular weight is 887 g/mol. The van der Waals surface area contributed by atoms with Gasteiger partial charge in [-0.1, -0.05) is 178 Å². The number of ketones is 1. The van der Waals surface area contributed by atoms with Crippen LogP contribution in [0, 0.1) is 0 Å². The maximum absolute atomic E-state index is 14.0. The number of para-hydroxylation sites is 3. The van der Waals surface area contributed by atoms with Crippen molar-refractivity contribution in [3.63, 3.8) is 0 Å². The summed E-state index contributed by atoms with van der Waals surface area (Å²) in [6.07, 6.45) is 0. The van der Waals surface area contributed by atoms with Gasteiger partial charge in [-0.3, -0.25) is 4.79 Å². The van der Waals surface area contributed by atoms with E-state index in [4.69, 9.17) is 4.42 Å². The number of furan rings is 1. The molecule has 0 amide bonds. The second-order valence-electron chi connectivity index (χ2n) is 18.8. The van der Waals surface area contributed by atoms with Gasteiger partial charge in [0.25, 0.3) is 0 Å². The van der Waals surface area contributed by atoms with Crippen LogP contribution in [-0.4, -0.2) is 5.78 Å². The van der Waals surface area contributed by atoms with Crippen molar-refractivity contribution in [2.45, 2.75) is 24.7 Å². The van der Waals surface area contributed by atoms with Gasteiger partial charge in [0.2, 0.25) is 0 Å². The zero-order valence-corrected chi connectivity index (χ0v) is 38.3. The molecule has 10 aromatic carbocycles. The summed E-state index contributed by atoms with van der Waals surface area (Å²) < 4.78 is 6.76. The lowest BCUT2D eigenvalue weighted by Gasteiger charge is -2.47. The van der Waals surface area contributed by atoms with Crippen molar-refractivity contribution >= 4 is 61.8 Å². The van der Waals surface area contributed by atoms with Crippen LogP contribution in [0.25, 0.3) is 33.1 Å². The van der Waals surface area contributed by atoms with E-state index in [9.17, 15) is 4.79 Å². The lowest BCUT2D eigenvalue weighted by Crippen LogP contribution is -2.38. The van der Waals surface area contributed by atoms with Gasteiger partial charge >= 0.3 is 0 Å². The summed E-state index contributed by atoms with van der Waals surface area (Å²) in [7, 11) is 0. The number of carbonyl (C=O) groups is 1. The molecule has 69 heavy (non-hydrogen) atoms. The number of hydrogen-bond donors (Lipinski definition) is 0. The third-order valence-corrected chi connectivity index (χ3v) is 14.7. The van der Waals surface area contributed by atoms with Crippen LogP contribution < -0.4 is 9.80 Å². The van der Waals surface area contributed by atoms with Gasteiger partial charge in [-0.2, -0.15) is 0 Å². The predicted molar refractivity (Wildman–Crippen MR) is 282 cm³/mol. The standard InChI is InChI=1S/C65H46N2O2/c1-64(2)55-32-17-15-31-52(55)63(68)53-36-34-44(39-56(53)64)43-20-19-29-49(38-43)67-59-37-35-50(66(47-25-11-5-12-26-47)48-27-13-6-14-28-48)40-57(59)65(45-21-7-3-8-22-45,46-23-9-4-10-24-46)58-41-54-51-30-16-18-33-61(51)69-62(54)42-60(58)67/h3-42H,1-2H3. The van der Waals surface area contributed by atoms with E-state index < -0.39 is 5.41 Å². The molecule has 0 spiro atoms. The molecule has 1 aromatic heterocycles. The highest BCUT2D eigenvalue weighted by Crippen LogP contribution is 2.60. The smallest absolute Gasteiger partial charge is 0.193 e. The van der Waals surface area contributed by atoms with Crippen LogP contribution in [0.4, 0.5) is 34.1 Å². The second kappa shape index (κ2) is 15.7. The minimum atomic E-state index is -0.782. The van der Waals surface area contributed by atoms with E-state index in [0.29, 0.717) is 0 Å². The minimum Gasteiger partial charge on any atom is -0.456 e. The van der Waals surface area contributed by atoms with E-state index >= 15 is 0 Å². The van der Waals surface area contributed by atoms with Gasteiger partial charge in [0.1, 0.15) is 11.2 Å². The summed E-state index contributed by atoms with van der Waals surface area (Å²) in [4.78, 5) is 18.7. The first-order valence-corrected chi connectivity index (χ1v) is 23.7. The van der Waals surface area contributed by atoms with Gasteiger partial charge in [0.05, 0.1) is 16.8 Å². The highest BCUT2D eigenvalue weighted by Gasteiger charge is 2.47. The predicted octanol–water partition coefficient (Wildman–Crippen LogP) is 16.8. The Hall–Kier alpha value is -8.73. The monoisotopic (exact) mass is 886 g/mol. The van der Waals surface area contributed by atoms with E-state index in [0.717, 1.165) is 112 Å². The van der Waals surface area contributed by atoms with Gasteiger partial charge in [0, 0.05) is 56.1 Å². The van der Waals surface area contributed by atoms with Gasteiger partial charge in [-0.15, -0.1) is 0 Å². The van der Waals surface area contributed by atoms with E-state index in [1.165, 1.54) is 0 Å². The van der Waals surface area contributed by atoms with Crippen molar-refractivity contribution in [3.05, 3.63) is 287 Å². The quantitative estimate of drug-likeness (QED) is 0.160. The van der Waals surface area contributed by atoms with Crippen LogP contribution in [0.5, 0.6) is 0 Å². The Bertz CT molecular complexity index is 3700. The maximum atomic E-state index is 14.0. The number of nitrogens with zero attached hydrogens (tertiary/aromatic N) is 2. The number of carbonyl (C=O) groups excluding carboxylic acids is 1. The number of hydrogen-bond acceptors (Lipinski definition) is 4. The Kier molecular flexibility index (Phi) is 9.22. The van der Waals surface area contributed by atoms with Crippen molar-refractivity contribution in [2.75, 3.05) is 9.80 Å². The van der Waals surface area contributed by atoms with Crippen molar-refractivity contribution in [1.82, 2.24) is 0 Å². The first-order chi connectivity index (χ1) is 33.9. The fourth-order valence-electron chi connectivity index (χ4n) is 11.5. The van der Waals surface area contributed by atoms with Crippen LogP contribution in [0.2, 0.25) is 0 Å².